The molecule has 2 aromatic carbocycles. The van der Waals surface area contributed by atoms with Crippen molar-refractivity contribution in [2.24, 2.45) is 0 Å². The summed E-state index contributed by atoms with van der Waals surface area (Å²) in [6.07, 6.45) is 0. The highest BCUT2D eigenvalue weighted by Gasteiger charge is 2.13. The van der Waals surface area contributed by atoms with E-state index in [9.17, 15) is 4.79 Å². The van der Waals surface area contributed by atoms with Crippen molar-refractivity contribution in [2.45, 2.75) is 31.9 Å². The molecule has 1 atom stereocenters. The standard InChI is InChI=1S/C21H23N3O2S/c1-14-9-15(2)11-18(10-14)20-23-24-21(26-20)27-13-19(25)22-12-16(3)17-7-5-4-6-8-17/h4-11,16H,12-13H2,1-3H3,(H,22,25)/t16-/m1/s1. The van der Waals surface area contributed by atoms with E-state index in [2.05, 4.69) is 40.6 Å². The monoisotopic (exact) mass is 381 g/mol. The third-order valence-electron chi connectivity index (χ3n) is 4.18. The van der Waals surface area contributed by atoms with Gasteiger partial charge in [0.2, 0.25) is 11.8 Å². The molecule has 1 N–H and O–H groups in total. The van der Waals surface area contributed by atoms with Crippen LogP contribution < -0.4 is 5.32 Å². The van der Waals surface area contributed by atoms with Gasteiger partial charge in [0.15, 0.2) is 0 Å². The molecule has 0 saturated carbocycles. The van der Waals surface area contributed by atoms with Crippen LogP contribution in [0, 0.1) is 13.8 Å². The number of aryl methyl sites for hydroxylation is 2. The summed E-state index contributed by atoms with van der Waals surface area (Å²) in [5.74, 6) is 0.937. The predicted octanol–water partition coefficient (Wildman–Crippen LogP) is 4.37. The SMILES string of the molecule is Cc1cc(C)cc(-c2nnc(SCC(=O)NC[C@@H](C)c3ccccc3)o2)c1. The molecule has 1 aromatic heterocycles. The molecule has 6 heteroatoms. The highest BCUT2D eigenvalue weighted by molar-refractivity contribution is 7.99. The predicted molar refractivity (Wildman–Crippen MR) is 108 cm³/mol. The van der Waals surface area contributed by atoms with Gasteiger partial charge in [0.25, 0.3) is 5.22 Å². The molecule has 0 bridgehead atoms. The summed E-state index contributed by atoms with van der Waals surface area (Å²) < 4.78 is 5.69. The van der Waals surface area contributed by atoms with Gasteiger partial charge in [-0.05, 0) is 37.5 Å². The molecule has 27 heavy (non-hydrogen) atoms. The van der Waals surface area contributed by atoms with Crippen LogP contribution in [0.15, 0.2) is 58.2 Å². The minimum atomic E-state index is -0.0473. The van der Waals surface area contributed by atoms with E-state index in [-0.39, 0.29) is 17.6 Å². The van der Waals surface area contributed by atoms with Crippen molar-refractivity contribution in [2.75, 3.05) is 12.3 Å². The van der Waals surface area contributed by atoms with Crippen molar-refractivity contribution in [3.05, 3.63) is 65.2 Å². The Morgan fingerprint density at radius 1 is 1.11 bits per heavy atom. The lowest BCUT2D eigenvalue weighted by atomic mass is 10.0. The maximum atomic E-state index is 12.1. The highest BCUT2D eigenvalue weighted by Crippen LogP contribution is 2.24. The van der Waals surface area contributed by atoms with Crippen molar-refractivity contribution in [1.82, 2.24) is 15.5 Å². The van der Waals surface area contributed by atoms with Crippen molar-refractivity contribution < 1.29 is 9.21 Å². The second-order valence-electron chi connectivity index (χ2n) is 6.65. The molecule has 3 rings (SSSR count). The molecule has 5 nitrogen and oxygen atoms in total. The number of carbonyl (C=O) groups is 1. The van der Waals surface area contributed by atoms with Crippen molar-refractivity contribution in [3.8, 4) is 11.5 Å². The Morgan fingerprint density at radius 3 is 2.52 bits per heavy atom. The van der Waals surface area contributed by atoms with E-state index in [1.807, 2.05) is 44.2 Å². The van der Waals surface area contributed by atoms with E-state index >= 15 is 0 Å². The molecule has 0 unspecified atom stereocenters. The zero-order valence-corrected chi connectivity index (χ0v) is 16.5. The summed E-state index contributed by atoms with van der Waals surface area (Å²) in [5.41, 5.74) is 4.39. The van der Waals surface area contributed by atoms with Crippen molar-refractivity contribution in [3.63, 3.8) is 0 Å². The lowest BCUT2D eigenvalue weighted by molar-refractivity contribution is -0.118. The lowest BCUT2D eigenvalue weighted by Gasteiger charge is -2.12. The smallest absolute Gasteiger partial charge is 0.277 e. The molecule has 140 valence electrons. The van der Waals surface area contributed by atoms with E-state index in [0.29, 0.717) is 17.7 Å². The molecule has 1 heterocycles. The molecule has 1 amide bonds. The number of aromatic nitrogens is 2. The van der Waals surface area contributed by atoms with Crippen LogP contribution in [0.25, 0.3) is 11.5 Å². The number of carbonyl (C=O) groups excluding carboxylic acids is 1. The molecule has 3 aromatic rings. The largest absolute Gasteiger partial charge is 0.411 e. The summed E-state index contributed by atoms with van der Waals surface area (Å²) in [4.78, 5) is 12.1. The summed E-state index contributed by atoms with van der Waals surface area (Å²) >= 11 is 1.25. The van der Waals surface area contributed by atoms with Gasteiger partial charge in [-0.15, -0.1) is 10.2 Å². The Kier molecular flexibility index (Phi) is 6.29. The number of amides is 1. The van der Waals surface area contributed by atoms with Crippen molar-refractivity contribution in [1.29, 1.82) is 0 Å². The first kappa shape index (κ1) is 19.2. The van der Waals surface area contributed by atoms with Gasteiger partial charge in [-0.2, -0.15) is 0 Å². The number of benzene rings is 2. The average Bonchev–Trinajstić information content (AvgIpc) is 3.13. The first-order chi connectivity index (χ1) is 13.0. The number of hydrogen-bond donors (Lipinski definition) is 1. The fourth-order valence-electron chi connectivity index (χ4n) is 2.83. The fourth-order valence-corrected chi connectivity index (χ4v) is 3.42. The minimum Gasteiger partial charge on any atom is -0.411 e. The summed E-state index contributed by atoms with van der Waals surface area (Å²) in [6.45, 7) is 6.75. The van der Waals surface area contributed by atoms with Crippen LogP contribution in [0.3, 0.4) is 0 Å². The second kappa shape index (κ2) is 8.86. The third kappa shape index (κ3) is 5.44. The summed E-state index contributed by atoms with van der Waals surface area (Å²) in [5, 5.41) is 11.5. The van der Waals surface area contributed by atoms with Gasteiger partial charge < -0.3 is 9.73 Å². The Morgan fingerprint density at radius 2 is 1.81 bits per heavy atom. The molecule has 0 aliphatic heterocycles. The van der Waals surface area contributed by atoms with Gasteiger partial charge >= 0.3 is 0 Å². The number of rotatable bonds is 7. The molecule has 0 spiro atoms. The van der Waals surface area contributed by atoms with Gasteiger partial charge in [-0.25, -0.2) is 0 Å². The van der Waals surface area contributed by atoms with Gasteiger partial charge in [0.1, 0.15) is 0 Å². The molecule has 0 aliphatic rings. The Hall–Kier alpha value is -2.60. The molecule has 0 fully saturated rings. The number of thioether (sulfide) groups is 1. The van der Waals surface area contributed by atoms with Crippen LogP contribution in [-0.2, 0) is 4.79 Å². The first-order valence-corrected chi connectivity index (χ1v) is 9.86. The second-order valence-corrected chi connectivity index (χ2v) is 7.58. The lowest BCUT2D eigenvalue weighted by Crippen LogP contribution is -2.28. The molecule has 0 saturated heterocycles. The van der Waals surface area contributed by atoms with E-state index in [4.69, 9.17) is 4.42 Å². The quantitative estimate of drug-likeness (QED) is 0.616. The summed E-state index contributed by atoms with van der Waals surface area (Å²) in [7, 11) is 0. The molecule has 0 aliphatic carbocycles. The Labute approximate surface area is 163 Å². The van der Waals surface area contributed by atoms with Crippen LogP contribution in [0.4, 0.5) is 0 Å². The average molecular weight is 382 g/mol. The summed E-state index contributed by atoms with van der Waals surface area (Å²) in [6, 6.07) is 16.2. The Bertz CT molecular complexity index is 889. The first-order valence-electron chi connectivity index (χ1n) is 8.88. The van der Waals surface area contributed by atoms with E-state index < -0.39 is 0 Å². The fraction of sp³-hybridized carbons (Fsp3) is 0.286. The topological polar surface area (TPSA) is 68.0 Å². The van der Waals surface area contributed by atoms with Crippen LogP contribution in [0.2, 0.25) is 0 Å². The van der Waals surface area contributed by atoms with E-state index in [0.717, 1.165) is 16.7 Å². The van der Waals surface area contributed by atoms with E-state index in [1.54, 1.807) is 0 Å². The molecular formula is C21H23N3O2S. The maximum Gasteiger partial charge on any atom is 0.277 e. The minimum absolute atomic E-state index is 0.0473. The van der Waals surface area contributed by atoms with Gasteiger partial charge in [0.05, 0.1) is 5.75 Å². The molecule has 0 radical (unpaired) electrons. The van der Waals surface area contributed by atoms with E-state index in [1.165, 1.54) is 17.3 Å². The van der Waals surface area contributed by atoms with Crippen LogP contribution in [0.1, 0.15) is 29.5 Å². The van der Waals surface area contributed by atoms with Gasteiger partial charge in [-0.1, -0.05) is 66.2 Å². The molecular weight excluding hydrogens is 358 g/mol. The van der Waals surface area contributed by atoms with Crippen LogP contribution >= 0.6 is 11.8 Å². The van der Waals surface area contributed by atoms with Crippen LogP contribution in [-0.4, -0.2) is 28.4 Å². The zero-order valence-electron chi connectivity index (χ0n) is 15.7. The van der Waals surface area contributed by atoms with Gasteiger partial charge in [0, 0.05) is 12.1 Å². The Balaban J connectivity index is 1.50. The third-order valence-corrected chi connectivity index (χ3v) is 4.99. The van der Waals surface area contributed by atoms with Gasteiger partial charge in [-0.3, -0.25) is 4.79 Å². The van der Waals surface area contributed by atoms with Crippen molar-refractivity contribution >= 4 is 17.7 Å². The normalized spacial score (nSPS) is 12.0. The highest BCUT2D eigenvalue weighted by atomic mass is 32.2. The zero-order chi connectivity index (χ0) is 19.2. The maximum absolute atomic E-state index is 12.1. The van der Waals surface area contributed by atoms with Crippen LogP contribution in [0.5, 0.6) is 0 Å². The number of nitrogens with zero attached hydrogens (tertiary/aromatic N) is 2. The number of hydrogen-bond acceptors (Lipinski definition) is 5. The number of nitrogens with one attached hydrogen (secondary N) is 1.